The molecule has 1 aliphatic rings. The maximum atomic E-state index is 9.00. The lowest BCUT2D eigenvalue weighted by Crippen LogP contribution is -2.12. The van der Waals surface area contributed by atoms with Crippen LogP contribution in [-0.4, -0.2) is 0 Å². The van der Waals surface area contributed by atoms with Gasteiger partial charge in [0.2, 0.25) is 0 Å². The van der Waals surface area contributed by atoms with E-state index < -0.39 is 0 Å². The fourth-order valence-corrected chi connectivity index (χ4v) is 2.19. The summed E-state index contributed by atoms with van der Waals surface area (Å²) in [5.74, 6) is 0.319. The van der Waals surface area contributed by atoms with E-state index in [1.807, 2.05) is 19.1 Å². The Kier molecular flexibility index (Phi) is 4.09. The van der Waals surface area contributed by atoms with Crippen molar-refractivity contribution in [2.24, 2.45) is 5.92 Å². The molecule has 0 saturated carbocycles. The van der Waals surface area contributed by atoms with E-state index in [1.54, 1.807) is 0 Å². The van der Waals surface area contributed by atoms with Crippen molar-refractivity contribution in [3.63, 3.8) is 0 Å². The van der Waals surface area contributed by atoms with Gasteiger partial charge in [0, 0.05) is 0 Å². The molecule has 0 amide bonds. The van der Waals surface area contributed by atoms with Gasteiger partial charge in [0.15, 0.2) is 0 Å². The van der Waals surface area contributed by atoms with E-state index in [0.717, 1.165) is 24.0 Å². The second-order valence-corrected chi connectivity index (χ2v) is 4.03. The Bertz CT molecular complexity index is 434. The average molecular weight is 212 g/mol. The van der Waals surface area contributed by atoms with Gasteiger partial charge in [-0.25, -0.2) is 10.1 Å². The van der Waals surface area contributed by atoms with Gasteiger partial charge in [0.1, 0.15) is 0 Å². The molecule has 2 heteroatoms. The van der Waals surface area contributed by atoms with E-state index in [1.165, 1.54) is 5.57 Å². The van der Waals surface area contributed by atoms with Crippen molar-refractivity contribution in [1.82, 2.24) is 0 Å². The Morgan fingerprint density at radius 1 is 1.75 bits per heavy atom. The average Bonchev–Trinajstić information content (AvgIpc) is 2.31. The fourth-order valence-electron chi connectivity index (χ4n) is 2.19. The van der Waals surface area contributed by atoms with Gasteiger partial charge < -0.3 is 0 Å². The third kappa shape index (κ3) is 2.23. The maximum absolute atomic E-state index is 9.00. The second-order valence-electron chi connectivity index (χ2n) is 4.03. The molecule has 0 aromatic heterocycles. The number of hydrogen-bond donors (Lipinski definition) is 0. The van der Waals surface area contributed by atoms with Crippen LogP contribution in [0.15, 0.2) is 34.6 Å². The minimum absolute atomic E-state index is 0.253. The molecule has 1 unspecified atom stereocenters. The lowest BCUT2D eigenvalue weighted by molar-refractivity contribution is 0.579. The Labute approximate surface area is 97.4 Å². The van der Waals surface area contributed by atoms with Crippen LogP contribution in [0, 0.1) is 23.8 Å². The lowest BCUT2D eigenvalue weighted by atomic mass is 9.79. The summed E-state index contributed by atoms with van der Waals surface area (Å²) in [7, 11) is 0. The molecular formula is C14H16N2. The van der Waals surface area contributed by atoms with Gasteiger partial charge in [0.05, 0.1) is 12.6 Å². The first-order valence-corrected chi connectivity index (χ1v) is 5.53. The Balaban J connectivity index is 3.40. The highest BCUT2D eigenvalue weighted by atomic mass is 14.7. The fraction of sp³-hybridized carbons (Fsp3) is 0.429. The third-order valence-corrected chi connectivity index (χ3v) is 2.97. The highest BCUT2D eigenvalue weighted by molar-refractivity contribution is 5.53. The standard InChI is InChI=1S/C14H16N2/c1-5-11-7-10(3)8-12(6-2)14(11)13(9-15)16-4/h5,7,12H,6,8H2,1-3H3/b11-5+,14-13?. The van der Waals surface area contributed by atoms with Gasteiger partial charge >= 0.3 is 0 Å². The molecule has 16 heavy (non-hydrogen) atoms. The van der Waals surface area contributed by atoms with Crippen molar-refractivity contribution in [3.05, 3.63) is 46.0 Å². The van der Waals surface area contributed by atoms with Crippen LogP contribution in [0.2, 0.25) is 0 Å². The molecule has 1 rings (SSSR count). The zero-order chi connectivity index (χ0) is 12.1. The summed E-state index contributed by atoms with van der Waals surface area (Å²) in [5.41, 5.74) is 3.56. The summed E-state index contributed by atoms with van der Waals surface area (Å²) in [5, 5.41) is 9.00. The first kappa shape index (κ1) is 12.3. The van der Waals surface area contributed by atoms with Gasteiger partial charge in [-0.05, 0) is 37.3 Å². The minimum atomic E-state index is 0.253. The van der Waals surface area contributed by atoms with Crippen LogP contribution in [0.4, 0.5) is 0 Å². The molecule has 0 N–H and O–H groups in total. The predicted molar refractivity (Wildman–Crippen MR) is 65.2 cm³/mol. The second kappa shape index (κ2) is 5.33. The lowest BCUT2D eigenvalue weighted by Gasteiger charge is -2.26. The molecule has 0 fully saturated rings. The Morgan fingerprint density at radius 3 is 2.88 bits per heavy atom. The van der Waals surface area contributed by atoms with Gasteiger partial charge in [-0.3, -0.25) is 0 Å². The van der Waals surface area contributed by atoms with Gasteiger partial charge in [-0.15, -0.1) is 0 Å². The normalized spacial score (nSPS) is 25.7. The van der Waals surface area contributed by atoms with Crippen LogP contribution in [0.25, 0.3) is 4.85 Å². The number of nitriles is 1. The van der Waals surface area contributed by atoms with Crippen molar-refractivity contribution in [2.75, 3.05) is 0 Å². The molecule has 82 valence electrons. The molecule has 0 saturated heterocycles. The molecule has 0 aromatic rings. The van der Waals surface area contributed by atoms with E-state index in [0.29, 0.717) is 5.92 Å². The molecule has 0 aliphatic heterocycles. The monoisotopic (exact) mass is 212 g/mol. The van der Waals surface area contributed by atoms with Crippen molar-refractivity contribution >= 4 is 0 Å². The van der Waals surface area contributed by atoms with E-state index in [-0.39, 0.29) is 5.70 Å². The SMILES string of the molecule is [C-]#[N+]C(C#N)=C1/C(=C/C)C=C(C)CC1CC. The molecule has 1 aliphatic carbocycles. The van der Waals surface area contributed by atoms with E-state index >= 15 is 0 Å². The molecule has 2 nitrogen and oxygen atoms in total. The summed E-state index contributed by atoms with van der Waals surface area (Å²) >= 11 is 0. The highest BCUT2D eigenvalue weighted by Crippen LogP contribution is 2.37. The van der Waals surface area contributed by atoms with Crippen LogP contribution >= 0.6 is 0 Å². The summed E-state index contributed by atoms with van der Waals surface area (Å²) in [6, 6.07) is 2.02. The van der Waals surface area contributed by atoms with Gasteiger partial charge in [-0.2, -0.15) is 0 Å². The smallest absolute Gasteiger partial charge is 0.226 e. The molecule has 0 bridgehead atoms. The third-order valence-electron chi connectivity index (χ3n) is 2.97. The zero-order valence-electron chi connectivity index (χ0n) is 10.0. The molecule has 1 atom stereocenters. The van der Waals surface area contributed by atoms with Gasteiger partial charge in [-0.1, -0.05) is 31.1 Å². The van der Waals surface area contributed by atoms with Gasteiger partial charge in [0.25, 0.3) is 5.70 Å². The highest BCUT2D eigenvalue weighted by Gasteiger charge is 2.23. The van der Waals surface area contributed by atoms with E-state index in [9.17, 15) is 0 Å². The van der Waals surface area contributed by atoms with Crippen LogP contribution in [0.1, 0.15) is 33.6 Å². The summed E-state index contributed by atoms with van der Waals surface area (Å²) in [6.45, 7) is 13.2. The molecule has 0 spiro atoms. The minimum Gasteiger partial charge on any atom is -0.226 e. The van der Waals surface area contributed by atoms with Crippen LogP contribution in [0.3, 0.4) is 0 Å². The van der Waals surface area contributed by atoms with Crippen LogP contribution < -0.4 is 0 Å². The van der Waals surface area contributed by atoms with E-state index in [4.69, 9.17) is 11.8 Å². The summed E-state index contributed by atoms with van der Waals surface area (Å²) in [4.78, 5) is 3.35. The quantitative estimate of drug-likeness (QED) is 0.477. The predicted octanol–water partition coefficient (Wildman–Crippen LogP) is 4.01. The molecule has 0 heterocycles. The largest absolute Gasteiger partial charge is 0.265 e. The van der Waals surface area contributed by atoms with Crippen molar-refractivity contribution in [1.29, 1.82) is 5.26 Å². The number of allylic oxidation sites excluding steroid dienone is 6. The summed E-state index contributed by atoms with van der Waals surface area (Å²) in [6.07, 6.45) is 6.01. The van der Waals surface area contributed by atoms with Crippen molar-refractivity contribution < 1.29 is 0 Å². The van der Waals surface area contributed by atoms with E-state index in [2.05, 4.69) is 24.8 Å². The Hall–Kier alpha value is -1.80. The molecule has 0 aromatic carbocycles. The van der Waals surface area contributed by atoms with Crippen molar-refractivity contribution in [3.8, 4) is 6.07 Å². The van der Waals surface area contributed by atoms with Crippen LogP contribution in [0.5, 0.6) is 0 Å². The topological polar surface area (TPSA) is 28.1 Å². The number of hydrogen-bond acceptors (Lipinski definition) is 1. The Morgan fingerprint density at radius 2 is 2.44 bits per heavy atom. The molecular weight excluding hydrogens is 196 g/mol. The first-order valence-electron chi connectivity index (χ1n) is 5.53. The van der Waals surface area contributed by atoms with Crippen molar-refractivity contribution in [2.45, 2.75) is 33.6 Å². The number of rotatable bonds is 1. The molecule has 0 radical (unpaired) electrons. The van der Waals surface area contributed by atoms with Crippen LogP contribution in [-0.2, 0) is 0 Å². The zero-order valence-corrected chi connectivity index (χ0v) is 10.0. The first-order chi connectivity index (χ1) is 7.67. The number of nitrogens with zero attached hydrogens (tertiary/aromatic N) is 2. The maximum Gasteiger partial charge on any atom is 0.265 e. The summed E-state index contributed by atoms with van der Waals surface area (Å²) < 4.78 is 0.